The average molecular weight is 451 g/mol. The number of rotatable bonds is 5. The number of piperidine rings is 1. The topological polar surface area (TPSA) is 64.7 Å². The molecule has 5 rings (SSSR count). The predicted octanol–water partition coefficient (Wildman–Crippen LogP) is 4.65. The molecule has 1 aliphatic heterocycles. The first-order chi connectivity index (χ1) is 16.0. The number of ether oxygens (including phenoxy) is 1. The maximum Gasteiger partial charge on any atom is 0.333 e. The molecule has 1 aromatic carbocycles. The van der Waals surface area contributed by atoms with Gasteiger partial charge in [0, 0.05) is 50.2 Å². The second kappa shape index (κ2) is 8.65. The van der Waals surface area contributed by atoms with Crippen molar-refractivity contribution in [2.75, 3.05) is 13.1 Å². The van der Waals surface area contributed by atoms with E-state index in [1.807, 2.05) is 51.8 Å². The van der Waals surface area contributed by atoms with E-state index < -0.39 is 6.55 Å². The third kappa shape index (κ3) is 4.18. The molecule has 1 fully saturated rings. The highest BCUT2D eigenvalue weighted by molar-refractivity contribution is 5.73. The van der Waals surface area contributed by atoms with Crippen LogP contribution < -0.4 is 4.74 Å². The van der Waals surface area contributed by atoms with Gasteiger partial charge in [-0.1, -0.05) is 30.3 Å². The quantitative estimate of drug-likeness (QED) is 0.443. The second-order valence-corrected chi connectivity index (χ2v) is 8.09. The molecule has 0 radical (unpaired) electrons. The number of halogens is 2. The van der Waals surface area contributed by atoms with Gasteiger partial charge in [0.15, 0.2) is 5.88 Å². The minimum Gasteiger partial charge on any atom is -0.475 e. The van der Waals surface area contributed by atoms with Crippen molar-refractivity contribution in [3.63, 3.8) is 0 Å². The van der Waals surface area contributed by atoms with Gasteiger partial charge in [0.1, 0.15) is 11.8 Å². The Labute approximate surface area is 189 Å². The highest BCUT2D eigenvalue weighted by Crippen LogP contribution is 2.30. The molecule has 0 N–H and O–H groups in total. The van der Waals surface area contributed by atoms with E-state index in [2.05, 4.69) is 10.1 Å². The van der Waals surface area contributed by atoms with Crippen molar-refractivity contribution in [1.29, 1.82) is 0 Å². The molecule has 3 aromatic heterocycles. The van der Waals surface area contributed by atoms with Gasteiger partial charge < -0.3 is 9.64 Å². The number of pyridine rings is 1. The Hall–Kier alpha value is -3.75. The number of carbonyl (C=O) groups is 1. The van der Waals surface area contributed by atoms with Gasteiger partial charge in [0.2, 0.25) is 5.91 Å². The SMILES string of the molecule is CC(=O)N1CCC(Oc2cccc3ncc(-c4ccc(-c5cnn(C(F)F)c5)cc4)n23)CC1. The summed E-state index contributed by atoms with van der Waals surface area (Å²) in [7, 11) is 0. The highest BCUT2D eigenvalue weighted by atomic mass is 19.3. The number of carbonyl (C=O) groups excluding carboxylic acids is 1. The fraction of sp³-hybridized carbons (Fsp3) is 0.292. The lowest BCUT2D eigenvalue weighted by Gasteiger charge is -2.31. The Bertz CT molecular complexity index is 1270. The van der Waals surface area contributed by atoms with E-state index in [0.717, 1.165) is 35.3 Å². The number of hydrogen-bond acceptors (Lipinski definition) is 4. The monoisotopic (exact) mass is 451 g/mol. The molecule has 4 aromatic rings. The summed E-state index contributed by atoms with van der Waals surface area (Å²) in [6.07, 6.45) is 6.14. The zero-order valence-corrected chi connectivity index (χ0v) is 18.1. The normalized spacial score (nSPS) is 14.8. The summed E-state index contributed by atoms with van der Waals surface area (Å²) >= 11 is 0. The van der Waals surface area contributed by atoms with E-state index in [4.69, 9.17) is 4.74 Å². The number of nitrogens with zero attached hydrogens (tertiary/aromatic N) is 5. The summed E-state index contributed by atoms with van der Waals surface area (Å²) < 4.78 is 34.6. The molecular formula is C24H23F2N5O2. The van der Waals surface area contributed by atoms with Crippen molar-refractivity contribution in [3.05, 3.63) is 61.1 Å². The molecule has 0 spiro atoms. The summed E-state index contributed by atoms with van der Waals surface area (Å²) in [6, 6.07) is 13.4. The summed E-state index contributed by atoms with van der Waals surface area (Å²) in [5.74, 6) is 0.793. The molecule has 0 atom stereocenters. The minimum absolute atomic E-state index is 0.0233. The summed E-state index contributed by atoms with van der Waals surface area (Å²) in [4.78, 5) is 17.9. The number of likely N-dealkylation sites (tertiary alicyclic amines) is 1. The van der Waals surface area contributed by atoms with Crippen LogP contribution in [0, 0.1) is 0 Å². The maximum atomic E-state index is 12.8. The minimum atomic E-state index is -2.66. The van der Waals surface area contributed by atoms with Gasteiger partial charge in [-0.2, -0.15) is 13.9 Å². The Morgan fingerprint density at radius 1 is 1.03 bits per heavy atom. The fourth-order valence-corrected chi connectivity index (χ4v) is 4.19. The standard InChI is InChI=1S/C24H23F2N5O2/c1-16(32)29-11-9-20(10-12-29)33-23-4-2-3-22-27-14-21(31(22)23)18-7-5-17(6-8-18)19-13-28-30(15-19)24(25)26/h2-8,13-15,20,24H,9-12H2,1H3. The molecule has 0 aliphatic carbocycles. The Balaban J connectivity index is 1.40. The average Bonchev–Trinajstić information content (AvgIpc) is 3.48. The van der Waals surface area contributed by atoms with Gasteiger partial charge in [0.05, 0.1) is 18.1 Å². The van der Waals surface area contributed by atoms with Crippen LogP contribution in [0.15, 0.2) is 61.1 Å². The van der Waals surface area contributed by atoms with E-state index in [1.54, 1.807) is 13.1 Å². The highest BCUT2D eigenvalue weighted by Gasteiger charge is 2.23. The molecule has 4 heterocycles. The van der Waals surface area contributed by atoms with Gasteiger partial charge in [-0.15, -0.1) is 0 Å². The number of hydrogen-bond donors (Lipinski definition) is 0. The van der Waals surface area contributed by atoms with E-state index in [-0.39, 0.29) is 12.0 Å². The molecule has 9 heteroatoms. The van der Waals surface area contributed by atoms with Crippen LogP contribution in [0.2, 0.25) is 0 Å². The van der Waals surface area contributed by atoms with Crippen LogP contribution in [0.3, 0.4) is 0 Å². The smallest absolute Gasteiger partial charge is 0.333 e. The molecule has 0 saturated carbocycles. The molecule has 0 unspecified atom stereocenters. The number of fused-ring (bicyclic) bond motifs is 1. The van der Waals surface area contributed by atoms with Gasteiger partial charge in [0.25, 0.3) is 0 Å². The third-order valence-electron chi connectivity index (χ3n) is 5.98. The number of imidazole rings is 1. The van der Waals surface area contributed by atoms with Crippen LogP contribution in [-0.4, -0.2) is 49.2 Å². The predicted molar refractivity (Wildman–Crippen MR) is 119 cm³/mol. The van der Waals surface area contributed by atoms with E-state index in [0.29, 0.717) is 29.2 Å². The molecule has 1 saturated heterocycles. The van der Waals surface area contributed by atoms with Gasteiger partial charge >= 0.3 is 6.55 Å². The van der Waals surface area contributed by atoms with Crippen LogP contribution in [-0.2, 0) is 4.79 Å². The molecular weight excluding hydrogens is 428 g/mol. The lowest BCUT2D eigenvalue weighted by Crippen LogP contribution is -2.40. The van der Waals surface area contributed by atoms with Gasteiger partial charge in [-0.3, -0.25) is 9.20 Å². The van der Waals surface area contributed by atoms with E-state index in [1.165, 1.54) is 12.4 Å². The van der Waals surface area contributed by atoms with E-state index in [9.17, 15) is 13.6 Å². The number of amides is 1. The largest absolute Gasteiger partial charge is 0.475 e. The lowest BCUT2D eigenvalue weighted by molar-refractivity contribution is -0.130. The first-order valence-electron chi connectivity index (χ1n) is 10.8. The first-order valence-corrected chi connectivity index (χ1v) is 10.8. The zero-order valence-electron chi connectivity index (χ0n) is 18.1. The van der Waals surface area contributed by atoms with Crippen LogP contribution in [0.1, 0.15) is 26.3 Å². The molecule has 33 heavy (non-hydrogen) atoms. The van der Waals surface area contributed by atoms with E-state index >= 15 is 0 Å². The van der Waals surface area contributed by atoms with Crippen LogP contribution in [0.5, 0.6) is 5.88 Å². The Morgan fingerprint density at radius 2 is 1.76 bits per heavy atom. The number of aromatic nitrogens is 4. The zero-order chi connectivity index (χ0) is 22.9. The van der Waals surface area contributed by atoms with Crippen molar-refractivity contribution in [2.45, 2.75) is 32.4 Å². The van der Waals surface area contributed by atoms with Crippen molar-refractivity contribution >= 4 is 11.6 Å². The number of alkyl halides is 2. The van der Waals surface area contributed by atoms with Crippen molar-refractivity contribution < 1.29 is 18.3 Å². The molecule has 0 bridgehead atoms. The van der Waals surface area contributed by atoms with Gasteiger partial charge in [-0.05, 0) is 17.7 Å². The fourth-order valence-electron chi connectivity index (χ4n) is 4.19. The van der Waals surface area contributed by atoms with Crippen molar-refractivity contribution in [3.8, 4) is 28.3 Å². The Morgan fingerprint density at radius 3 is 2.42 bits per heavy atom. The maximum absolute atomic E-state index is 12.8. The lowest BCUT2D eigenvalue weighted by atomic mass is 10.1. The van der Waals surface area contributed by atoms with Crippen molar-refractivity contribution in [2.24, 2.45) is 0 Å². The third-order valence-corrected chi connectivity index (χ3v) is 5.98. The molecule has 1 amide bonds. The summed E-state index contributed by atoms with van der Waals surface area (Å²) in [5.41, 5.74) is 3.99. The van der Waals surface area contributed by atoms with Crippen molar-refractivity contribution in [1.82, 2.24) is 24.1 Å². The Kier molecular flexibility index (Phi) is 5.53. The second-order valence-electron chi connectivity index (χ2n) is 8.09. The summed E-state index contributed by atoms with van der Waals surface area (Å²) in [6.45, 7) is 0.312. The number of benzene rings is 1. The van der Waals surface area contributed by atoms with Crippen LogP contribution >= 0.6 is 0 Å². The van der Waals surface area contributed by atoms with Crippen LogP contribution in [0.4, 0.5) is 8.78 Å². The first kappa shape index (κ1) is 21.1. The molecule has 1 aliphatic rings. The molecule has 170 valence electrons. The summed E-state index contributed by atoms with van der Waals surface area (Å²) in [5, 5.41) is 3.70. The van der Waals surface area contributed by atoms with Crippen LogP contribution in [0.25, 0.3) is 28.0 Å². The van der Waals surface area contributed by atoms with Gasteiger partial charge in [-0.25, -0.2) is 9.67 Å². The molecule has 7 nitrogen and oxygen atoms in total.